The number of nitrogens with zero attached hydrogens (tertiary/aromatic N) is 2. The van der Waals surface area contributed by atoms with E-state index in [1.54, 1.807) is 18.4 Å². The van der Waals surface area contributed by atoms with Crippen LogP contribution in [0.1, 0.15) is 27.6 Å². The van der Waals surface area contributed by atoms with Crippen LogP contribution in [0.2, 0.25) is 0 Å². The number of halogens is 3. The standard InChI is InChI=1S/C13H9F3N4OS/c1-5-2-3-22-9(5)7-6(4-17)11(18)21-12-8(7)10(19-20-12)13(14,15)16/h2-3,7H,18H2,1H3,(H,19,20)/t7-/m0/s1. The average Bonchev–Trinajstić information content (AvgIpc) is 3.02. The predicted octanol–water partition coefficient (Wildman–Crippen LogP) is 3.02. The summed E-state index contributed by atoms with van der Waals surface area (Å²) in [7, 11) is 0. The number of ether oxygens (including phenoxy) is 1. The Morgan fingerprint density at radius 1 is 1.50 bits per heavy atom. The van der Waals surface area contributed by atoms with Gasteiger partial charge in [0.2, 0.25) is 11.8 Å². The van der Waals surface area contributed by atoms with Gasteiger partial charge >= 0.3 is 6.18 Å². The molecule has 1 aliphatic rings. The van der Waals surface area contributed by atoms with Gasteiger partial charge in [-0.25, -0.2) is 0 Å². The number of thiophene rings is 1. The van der Waals surface area contributed by atoms with Crippen molar-refractivity contribution < 1.29 is 17.9 Å². The minimum Gasteiger partial charge on any atom is -0.420 e. The van der Waals surface area contributed by atoms with Gasteiger partial charge in [-0.15, -0.1) is 16.4 Å². The SMILES string of the molecule is Cc1ccsc1[C@H]1C(C#N)=C(N)Oc2n[nH]c(C(F)(F)F)c21. The summed E-state index contributed by atoms with van der Waals surface area (Å²) in [5.74, 6) is -1.42. The van der Waals surface area contributed by atoms with Crippen molar-refractivity contribution in [1.29, 1.82) is 5.26 Å². The first kappa shape index (κ1) is 14.5. The highest BCUT2D eigenvalue weighted by Gasteiger charge is 2.45. The van der Waals surface area contributed by atoms with Crippen LogP contribution in [0.5, 0.6) is 5.88 Å². The molecule has 9 heteroatoms. The van der Waals surface area contributed by atoms with Gasteiger partial charge in [0.1, 0.15) is 17.3 Å². The molecule has 3 rings (SSSR count). The number of aromatic amines is 1. The molecule has 3 N–H and O–H groups in total. The molecule has 0 radical (unpaired) electrons. The van der Waals surface area contributed by atoms with Crippen LogP contribution >= 0.6 is 11.3 Å². The van der Waals surface area contributed by atoms with Crippen LogP contribution in [-0.2, 0) is 6.18 Å². The number of nitrogens with two attached hydrogens (primary N) is 1. The monoisotopic (exact) mass is 326 g/mol. The molecule has 0 aromatic carbocycles. The highest BCUT2D eigenvalue weighted by Crippen LogP contribution is 2.48. The van der Waals surface area contributed by atoms with E-state index in [1.165, 1.54) is 11.3 Å². The number of alkyl halides is 3. The Hall–Kier alpha value is -2.47. The number of hydrogen-bond donors (Lipinski definition) is 2. The van der Waals surface area contributed by atoms with E-state index in [4.69, 9.17) is 10.5 Å². The second-order valence-corrected chi connectivity index (χ2v) is 5.66. The van der Waals surface area contributed by atoms with Crippen LogP contribution in [0, 0.1) is 18.3 Å². The fraction of sp³-hybridized carbons (Fsp3) is 0.231. The lowest BCUT2D eigenvalue weighted by atomic mass is 9.87. The number of allylic oxidation sites excluding steroid dienone is 1. The second-order valence-electron chi connectivity index (χ2n) is 4.71. The van der Waals surface area contributed by atoms with E-state index in [-0.39, 0.29) is 22.9 Å². The van der Waals surface area contributed by atoms with Crippen LogP contribution < -0.4 is 10.5 Å². The van der Waals surface area contributed by atoms with Gasteiger partial charge in [-0.3, -0.25) is 5.10 Å². The van der Waals surface area contributed by atoms with E-state index in [1.807, 2.05) is 11.2 Å². The Morgan fingerprint density at radius 3 is 2.77 bits per heavy atom. The Labute approximate surface area is 126 Å². The molecular weight excluding hydrogens is 317 g/mol. The van der Waals surface area contributed by atoms with Crippen molar-refractivity contribution in [3.8, 4) is 11.9 Å². The fourth-order valence-corrected chi connectivity index (χ4v) is 3.45. The highest BCUT2D eigenvalue weighted by molar-refractivity contribution is 7.10. The third-order valence-corrected chi connectivity index (χ3v) is 4.47. The van der Waals surface area contributed by atoms with E-state index >= 15 is 0 Å². The summed E-state index contributed by atoms with van der Waals surface area (Å²) in [4.78, 5) is 0.607. The van der Waals surface area contributed by atoms with Crippen LogP contribution in [0.15, 0.2) is 22.9 Å². The number of nitrogens with one attached hydrogen (secondary N) is 1. The van der Waals surface area contributed by atoms with Gasteiger partial charge in [-0.1, -0.05) is 0 Å². The minimum atomic E-state index is -4.64. The molecule has 0 unspecified atom stereocenters. The van der Waals surface area contributed by atoms with Crippen LogP contribution in [0.3, 0.4) is 0 Å². The van der Waals surface area contributed by atoms with Gasteiger partial charge in [0.15, 0.2) is 0 Å². The molecule has 0 bridgehead atoms. The molecule has 3 heterocycles. The van der Waals surface area contributed by atoms with Gasteiger partial charge < -0.3 is 10.5 Å². The Morgan fingerprint density at radius 2 is 2.23 bits per heavy atom. The van der Waals surface area contributed by atoms with Crippen molar-refractivity contribution in [2.45, 2.75) is 19.0 Å². The molecule has 0 saturated carbocycles. The highest BCUT2D eigenvalue weighted by atomic mass is 32.1. The lowest BCUT2D eigenvalue weighted by Gasteiger charge is -2.23. The van der Waals surface area contributed by atoms with Gasteiger partial charge in [-0.05, 0) is 23.9 Å². The number of aryl methyl sites for hydroxylation is 1. The summed E-state index contributed by atoms with van der Waals surface area (Å²) in [5, 5.41) is 16.5. The summed E-state index contributed by atoms with van der Waals surface area (Å²) in [6.07, 6.45) is -4.64. The molecular formula is C13H9F3N4OS. The maximum Gasteiger partial charge on any atom is 0.433 e. The molecule has 0 saturated heterocycles. The molecule has 0 spiro atoms. The molecule has 0 fully saturated rings. The smallest absolute Gasteiger partial charge is 0.420 e. The third-order valence-electron chi connectivity index (χ3n) is 3.39. The fourth-order valence-electron chi connectivity index (χ4n) is 2.40. The van der Waals surface area contributed by atoms with Crippen molar-refractivity contribution in [2.24, 2.45) is 5.73 Å². The molecule has 2 aromatic rings. The molecule has 0 amide bonds. The van der Waals surface area contributed by atoms with Crippen LogP contribution in [0.25, 0.3) is 0 Å². The number of nitriles is 1. The number of H-pyrrole nitrogens is 1. The number of aromatic nitrogens is 2. The maximum absolute atomic E-state index is 13.2. The number of rotatable bonds is 1. The van der Waals surface area contributed by atoms with E-state index < -0.39 is 17.8 Å². The number of hydrogen-bond acceptors (Lipinski definition) is 5. The molecule has 5 nitrogen and oxygen atoms in total. The Kier molecular flexibility index (Phi) is 3.14. The largest absolute Gasteiger partial charge is 0.433 e. The Bertz CT molecular complexity index is 812. The summed E-state index contributed by atoms with van der Waals surface area (Å²) in [6.45, 7) is 1.76. The van der Waals surface area contributed by atoms with E-state index in [0.717, 1.165) is 5.56 Å². The quantitative estimate of drug-likeness (QED) is 0.843. The van der Waals surface area contributed by atoms with E-state index in [9.17, 15) is 18.4 Å². The second kappa shape index (κ2) is 4.78. The number of fused-ring (bicyclic) bond motifs is 1. The Balaban J connectivity index is 2.30. The van der Waals surface area contributed by atoms with Gasteiger partial charge in [0.05, 0.1) is 11.5 Å². The van der Waals surface area contributed by atoms with Crippen molar-refractivity contribution in [3.63, 3.8) is 0 Å². The zero-order chi connectivity index (χ0) is 16.1. The molecule has 22 heavy (non-hydrogen) atoms. The zero-order valence-electron chi connectivity index (χ0n) is 11.2. The third kappa shape index (κ3) is 2.03. The van der Waals surface area contributed by atoms with Gasteiger partial charge in [0.25, 0.3) is 0 Å². The van der Waals surface area contributed by atoms with Crippen LogP contribution in [-0.4, -0.2) is 10.2 Å². The van der Waals surface area contributed by atoms with Gasteiger partial charge in [-0.2, -0.15) is 18.4 Å². The van der Waals surface area contributed by atoms with Gasteiger partial charge in [0, 0.05) is 4.88 Å². The molecule has 1 aliphatic heterocycles. The first-order chi connectivity index (χ1) is 10.3. The van der Waals surface area contributed by atoms with Crippen LogP contribution in [0.4, 0.5) is 13.2 Å². The lowest BCUT2D eigenvalue weighted by molar-refractivity contribution is -0.141. The van der Waals surface area contributed by atoms with Crippen molar-refractivity contribution >= 4 is 11.3 Å². The predicted molar refractivity (Wildman–Crippen MR) is 71.9 cm³/mol. The lowest BCUT2D eigenvalue weighted by Crippen LogP contribution is -2.22. The van der Waals surface area contributed by atoms with Crippen molar-refractivity contribution in [3.05, 3.63) is 44.6 Å². The summed E-state index contributed by atoms with van der Waals surface area (Å²) in [6, 6.07) is 3.63. The van der Waals surface area contributed by atoms with Crippen molar-refractivity contribution in [2.75, 3.05) is 0 Å². The zero-order valence-corrected chi connectivity index (χ0v) is 12.0. The molecule has 2 aromatic heterocycles. The summed E-state index contributed by atoms with van der Waals surface area (Å²) < 4.78 is 44.7. The first-order valence-electron chi connectivity index (χ1n) is 6.11. The molecule has 114 valence electrons. The first-order valence-corrected chi connectivity index (χ1v) is 6.99. The summed E-state index contributed by atoms with van der Waals surface area (Å²) >= 11 is 1.26. The minimum absolute atomic E-state index is 0.0510. The average molecular weight is 326 g/mol. The normalized spacial score (nSPS) is 17.9. The molecule has 1 atom stereocenters. The van der Waals surface area contributed by atoms with Crippen molar-refractivity contribution in [1.82, 2.24) is 10.2 Å². The topological polar surface area (TPSA) is 87.7 Å². The summed E-state index contributed by atoms with van der Waals surface area (Å²) in [5.41, 5.74) is 5.17. The molecule has 0 aliphatic carbocycles. The maximum atomic E-state index is 13.2. The van der Waals surface area contributed by atoms with E-state index in [0.29, 0.717) is 4.88 Å². The van der Waals surface area contributed by atoms with E-state index in [2.05, 4.69) is 5.10 Å².